The number of H-pyrrole nitrogens is 2. The van der Waals surface area contributed by atoms with Gasteiger partial charge in [0.2, 0.25) is 5.78 Å². The van der Waals surface area contributed by atoms with Gasteiger partial charge in [0.05, 0.1) is 0 Å². The number of aryl methyl sites for hydroxylation is 1. The Labute approximate surface area is 111 Å². The first-order valence-electron chi connectivity index (χ1n) is 5.60. The average molecular weight is 261 g/mol. The topological polar surface area (TPSA) is 51.9 Å². The van der Waals surface area contributed by atoms with Crippen molar-refractivity contribution in [2.24, 2.45) is 0 Å². The van der Waals surface area contributed by atoms with E-state index in [4.69, 9.17) is 12.2 Å². The highest BCUT2D eigenvalue weighted by Gasteiger charge is 2.13. The standard InChI is InChI=1S/C13H15N3OS/c1-8-11(15-13(18)14-8)12(17)9-4-6-10(7-5-9)16(2)3/h4-7H,1-3H3,(H2,14,15,18). The maximum atomic E-state index is 12.3. The van der Waals surface area contributed by atoms with Gasteiger partial charge in [-0.3, -0.25) is 4.79 Å². The summed E-state index contributed by atoms with van der Waals surface area (Å²) in [5.74, 6) is -0.0508. The molecular formula is C13H15N3OS. The molecule has 94 valence electrons. The van der Waals surface area contributed by atoms with Gasteiger partial charge in [-0.1, -0.05) is 0 Å². The van der Waals surface area contributed by atoms with Gasteiger partial charge in [0, 0.05) is 31.0 Å². The molecule has 2 N–H and O–H groups in total. The first-order valence-corrected chi connectivity index (χ1v) is 6.01. The molecule has 0 bridgehead atoms. The molecule has 0 aliphatic heterocycles. The second-order valence-electron chi connectivity index (χ2n) is 4.35. The summed E-state index contributed by atoms with van der Waals surface area (Å²) < 4.78 is 0.473. The molecule has 4 nitrogen and oxygen atoms in total. The number of ketones is 1. The molecule has 0 unspecified atom stereocenters. The summed E-state index contributed by atoms with van der Waals surface area (Å²) in [4.78, 5) is 20.0. The van der Waals surface area contributed by atoms with Crippen molar-refractivity contribution in [1.82, 2.24) is 9.97 Å². The van der Waals surface area contributed by atoms with Crippen LogP contribution in [0.25, 0.3) is 0 Å². The Bertz CT molecular complexity index is 622. The molecule has 0 aliphatic rings. The summed E-state index contributed by atoms with van der Waals surface area (Å²) >= 11 is 4.97. The van der Waals surface area contributed by atoms with Crippen LogP contribution in [0.3, 0.4) is 0 Å². The Morgan fingerprint density at radius 3 is 2.22 bits per heavy atom. The summed E-state index contributed by atoms with van der Waals surface area (Å²) in [5, 5.41) is 0. The molecule has 1 aromatic heterocycles. The number of aromatic nitrogens is 2. The first kappa shape index (κ1) is 12.6. The third-order valence-corrected chi connectivity index (χ3v) is 2.99. The molecule has 1 heterocycles. The van der Waals surface area contributed by atoms with Crippen molar-refractivity contribution in [1.29, 1.82) is 0 Å². The fraction of sp³-hybridized carbons (Fsp3) is 0.231. The van der Waals surface area contributed by atoms with Gasteiger partial charge in [-0.15, -0.1) is 0 Å². The van der Waals surface area contributed by atoms with E-state index in [1.165, 1.54) is 0 Å². The van der Waals surface area contributed by atoms with Crippen molar-refractivity contribution in [3.05, 3.63) is 46.0 Å². The number of carbonyl (C=O) groups is 1. The van der Waals surface area contributed by atoms with Crippen molar-refractivity contribution < 1.29 is 4.79 Å². The van der Waals surface area contributed by atoms with Crippen molar-refractivity contribution in [3.8, 4) is 0 Å². The largest absolute Gasteiger partial charge is 0.378 e. The van der Waals surface area contributed by atoms with E-state index in [9.17, 15) is 4.79 Å². The number of aromatic amines is 2. The summed E-state index contributed by atoms with van der Waals surface area (Å²) in [7, 11) is 3.93. The number of benzene rings is 1. The lowest BCUT2D eigenvalue weighted by atomic mass is 10.1. The van der Waals surface area contributed by atoms with Crippen LogP contribution in [-0.2, 0) is 0 Å². The smallest absolute Gasteiger partial charge is 0.211 e. The molecule has 18 heavy (non-hydrogen) atoms. The van der Waals surface area contributed by atoms with Crippen LogP contribution in [0.1, 0.15) is 21.7 Å². The van der Waals surface area contributed by atoms with Crippen molar-refractivity contribution in [3.63, 3.8) is 0 Å². The van der Waals surface area contributed by atoms with Crippen LogP contribution in [0.15, 0.2) is 24.3 Å². The second kappa shape index (κ2) is 4.78. The molecule has 0 saturated carbocycles. The monoisotopic (exact) mass is 261 g/mol. The van der Waals surface area contributed by atoms with E-state index in [0.717, 1.165) is 11.4 Å². The minimum atomic E-state index is -0.0508. The Morgan fingerprint density at radius 2 is 1.78 bits per heavy atom. The highest BCUT2D eigenvalue weighted by Crippen LogP contribution is 2.16. The Balaban J connectivity index is 2.34. The highest BCUT2D eigenvalue weighted by atomic mass is 32.1. The van der Waals surface area contributed by atoms with Gasteiger partial charge in [0.25, 0.3) is 0 Å². The maximum Gasteiger partial charge on any atom is 0.211 e. The lowest BCUT2D eigenvalue weighted by Crippen LogP contribution is -2.09. The number of carbonyl (C=O) groups excluding carboxylic acids is 1. The van der Waals surface area contributed by atoms with Crippen LogP contribution < -0.4 is 4.90 Å². The predicted octanol–water partition coefficient (Wildman–Crippen LogP) is 2.68. The third-order valence-electron chi connectivity index (χ3n) is 2.79. The van der Waals surface area contributed by atoms with Crippen LogP contribution >= 0.6 is 12.2 Å². The van der Waals surface area contributed by atoms with Crippen LogP contribution in [-0.4, -0.2) is 29.8 Å². The van der Waals surface area contributed by atoms with Crippen LogP contribution in [0.4, 0.5) is 5.69 Å². The number of hydrogen-bond acceptors (Lipinski definition) is 3. The van der Waals surface area contributed by atoms with Gasteiger partial charge in [-0.2, -0.15) is 0 Å². The minimum absolute atomic E-state index is 0.0508. The van der Waals surface area contributed by atoms with Gasteiger partial charge in [-0.05, 0) is 43.4 Å². The highest BCUT2D eigenvalue weighted by molar-refractivity contribution is 7.71. The van der Waals surface area contributed by atoms with E-state index in [0.29, 0.717) is 16.0 Å². The number of nitrogens with zero attached hydrogens (tertiary/aromatic N) is 1. The lowest BCUT2D eigenvalue weighted by molar-refractivity contribution is 0.103. The quantitative estimate of drug-likeness (QED) is 0.659. The molecule has 0 aliphatic carbocycles. The Kier molecular flexibility index (Phi) is 3.34. The second-order valence-corrected chi connectivity index (χ2v) is 4.76. The molecule has 0 fully saturated rings. The summed E-state index contributed by atoms with van der Waals surface area (Å²) in [6.07, 6.45) is 0. The molecule has 2 aromatic rings. The van der Waals surface area contributed by atoms with Crippen LogP contribution in [0, 0.1) is 11.7 Å². The van der Waals surface area contributed by atoms with E-state index in [2.05, 4.69) is 9.97 Å². The van der Waals surface area contributed by atoms with Gasteiger partial charge < -0.3 is 14.9 Å². The van der Waals surface area contributed by atoms with Gasteiger partial charge in [0.15, 0.2) is 4.77 Å². The molecular weight excluding hydrogens is 246 g/mol. The molecule has 0 radical (unpaired) electrons. The molecule has 0 atom stereocenters. The fourth-order valence-electron chi connectivity index (χ4n) is 1.75. The van der Waals surface area contributed by atoms with E-state index in [1.807, 2.05) is 50.2 Å². The van der Waals surface area contributed by atoms with Crippen molar-refractivity contribution in [2.45, 2.75) is 6.92 Å². The summed E-state index contributed by atoms with van der Waals surface area (Å²) in [6.45, 7) is 1.83. The maximum absolute atomic E-state index is 12.3. The number of rotatable bonds is 3. The van der Waals surface area contributed by atoms with E-state index >= 15 is 0 Å². The Morgan fingerprint density at radius 1 is 1.17 bits per heavy atom. The molecule has 2 rings (SSSR count). The van der Waals surface area contributed by atoms with Crippen LogP contribution in [0.5, 0.6) is 0 Å². The summed E-state index contributed by atoms with van der Waals surface area (Å²) in [5.41, 5.74) is 3.00. The van der Waals surface area contributed by atoms with E-state index < -0.39 is 0 Å². The van der Waals surface area contributed by atoms with Gasteiger partial charge in [0.1, 0.15) is 5.69 Å². The van der Waals surface area contributed by atoms with E-state index in [-0.39, 0.29) is 5.78 Å². The average Bonchev–Trinajstić information content (AvgIpc) is 2.67. The van der Waals surface area contributed by atoms with E-state index in [1.54, 1.807) is 0 Å². The van der Waals surface area contributed by atoms with Gasteiger partial charge >= 0.3 is 0 Å². The van der Waals surface area contributed by atoms with Crippen molar-refractivity contribution in [2.75, 3.05) is 19.0 Å². The SMILES string of the molecule is Cc1[nH]c(=S)[nH]c1C(=O)c1ccc(N(C)C)cc1. The molecule has 1 aromatic carbocycles. The lowest BCUT2D eigenvalue weighted by Gasteiger charge is -2.12. The van der Waals surface area contributed by atoms with Crippen LogP contribution in [0.2, 0.25) is 0 Å². The normalized spacial score (nSPS) is 10.4. The zero-order chi connectivity index (χ0) is 13.3. The zero-order valence-electron chi connectivity index (χ0n) is 10.6. The first-order chi connectivity index (χ1) is 8.49. The van der Waals surface area contributed by atoms with Crippen molar-refractivity contribution >= 4 is 23.7 Å². The predicted molar refractivity (Wildman–Crippen MR) is 74.9 cm³/mol. The molecule has 0 saturated heterocycles. The summed E-state index contributed by atoms with van der Waals surface area (Å²) in [6, 6.07) is 7.48. The minimum Gasteiger partial charge on any atom is -0.378 e. The Hall–Kier alpha value is -1.88. The fourth-order valence-corrected chi connectivity index (χ4v) is 2.01. The number of anilines is 1. The molecule has 0 amide bonds. The zero-order valence-corrected chi connectivity index (χ0v) is 11.4. The molecule has 0 spiro atoms. The number of nitrogens with one attached hydrogen (secondary N) is 2. The van der Waals surface area contributed by atoms with Gasteiger partial charge in [-0.25, -0.2) is 0 Å². The number of hydrogen-bond donors (Lipinski definition) is 2. The third kappa shape index (κ3) is 2.36. The number of imidazole rings is 1. The molecule has 5 heteroatoms.